The number of hydroxylamine groups is 2. The largest absolute Gasteiger partial charge is 0.489 e. The highest BCUT2D eigenvalue weighted by molar-refractivity contribution is 7.80. The molecule has 2 atom stereocenters. The van der Waals surface area contributed by atoms with Crippen molar-refractivity contribution < 1.29 is 84.1 Å². The number of anilines is 2. The number of nitrogens with one attached hydrogen (secondary N) is 3. The van der Waals surface area contributed by atoms with E-state index in [2.05, 4.69) is 35.4 Å². The van der Waals surface area contributed by atoms with Gasteiger partial charge >= 0.3 is 40.7 Å². The van der Waals surface area contributed by atoms with Gasteiger partial charge in [0.15, 0.2) is 10.8 Å². The van der Waals surface area contributed by atoms with Crippen molar-refractivity contribution in [2.24, 2.45) is 5.16 Å². The maximum atomic E-state index is 14.0. The smallest absolute Gasteiger partial charge is 0.427 e. The zero-order chi connectivity index (χ0) is 59.1. The van der Waals surface area contributed by atoms with Crippen LogP contribution >= 0.6 is 11.3 Å². The van der Waals surface area contributed by atoms with Crippen LogP contribution in [0.2, 0.25) is 0 Å². The number of carbonyl (C=O) groups is 7. The van der Waals surface area contributed by atoms with E-state index in [1.54, 1.807) is 122 Å². The molecule has 27 nitrogen and oxygen atoms in total. The second kappa shape index (κ2) is 24.3. The van der Waals surface area contributed by atoms with Gasteiger partial charge in [-0.2, -0.15) is 13.5 Å². The number of hydrogen-bond donors (Lipinski definition) is 4. The number of hydrogen-bond acceptors (Lipinski definition) is 21. The second-order valence-electron chi connectivity index (χ2n) is 23.0. The number of oxime groups is 1. The maximum absolute atomic E-state index is 14.0. The van der Waals surface area contributed by atoms with Crippen LogP contribution in [0.4, 0.5) is 30.3 Å². The van der Waals surface area contributed by atoms with Crippen molar-refractivity contribution in [1.82, 2.24) is 30.2 Å². The summed E-state index contributed by atoms with van der Waals surface area (Å²) in [5, 5.41) is 13.1. The minimum absolute atomic E-state index is 0.0537. The molecule has 1 fully saturated rings. The summed E-state index contributed by atoms with van der Waals surface area (Å²) in [4.78, 5) is 109. The lowest BCUT2D eigenvalue weighted by molar-refractivity contribution is -0.218. The van der Waals surface area contributed by atoms with Crippen LogP contribution in [0.1, 0.15) is 130 Å². The van der Waals surface area contributed by atoms with Crippen molar-refractivity contribution >= 4 is 80.7 Å². The minimum atomic E-state index is -5.13. The van der Waals surface area contributed by atoms with Crippen LogP contribution in [0, 0.1) is 0 Å². The van der Waals surface area contributed by atoms with Crippen LogP contribution in [0.25, 0.3) is 11.3 Å². The molecule has 78 heavy (non-hydrogen) atoms. The van der Waals surface area contributed by atoms with Crippen molar-refractivity contribution in [1.29, 1.82) is 0 Å². The molecular formula is C49H71N9O18S2. The number of alkyl carbamates (subject to hydrolysis) is 1. The molecule has 29 heteroatoms. The van der Waals surface area contributed by atoms with E-state index in [1.165, 1.54) is 35.9 Å². The quantitative estimate of drug-likeness (QED) is 0.0185. The summed E-state index contributed by atoms with van der Waals surface area (Å²) in [6.45, 7) is 27.1. The Morgan fingerprint density at radius 3 is 1.85 bits per heavy atom. The fourth-order valence-corrected chi connectivity index (χ4v) is 7.60. The molecular weight excluding hydrogens is 1070 g/mol. The van der Waals surface area contributed by atoms with E-state index in [0.29, 0.717) is 21.9 Å². The highest BCUT2D eigenvalue weighted by Gasteiger charge is 2.58. The number of rotatable bonds is 18. The number of aromatic nitrogens is 3. The van der Waals surface area contributed by atoms with Crippen LogP contribution in [-0.2, 0) is 64.1 Å². The molecule has 432 valence electrons. The molecule has 2 aromatic heterocycles. The first-order valence-corrected chi connectivity index (χ1v) is 26.5. The first kappa shape index (κ1) is 63.4. The summed E-state index contributed by atoms with van der Waals surface area (Å²) in [7, 11) is -5.13. The molecule has 1 aliphatic heterocycles. The number of ether oxygens (including phenoxy) is 6. The zero-order valence-corrected chi connectivity index (χ0v) is 48.5. The Hall–Kier alpha value is -7.11. The van der Waals surface area contributed by atoms with Crippen LogP contribution in [0.5, 0.6) is 5.75 Å². The minimum Gasteiger partial charge on any atom is -0.489 e. The molecule has 1 saturated heterocycles. The van der Waals surface area contributed by atoms with Gasteiger partial charge in [0.25, 0.3) is 17.9 Å². The fourth-order valence-electron chi connectivity index (χ4n) is 6.47. The summed E-state index contributed by atoms with van der Waals surface area (Å²) in [6, 6.07) is 4.79. The third-order valence-electron chi connectivity index (χ3n) is 9.53. The summed E-state index contributed by atoms with van der Waals surface area (Å²) in [6.07, 6.45) is -3.44. The third kappa shape index (κ3) is 19.7. The fraction of sp³-hybridized carbons (Fsp3) is 0.592. The Labute approximate surface area is 456 Å². The molecule has 6 amide bonds. The maximum Gasteiger partial charge on any atom is 0.427 e. The Morgan fingerprint density at radius 2 is 1.33 bits per heavy atom. The van der Waals surface area contributed by atoms with Gasteiger partial charge in [-0.25, -0.2) is 33.9 Å². The summed E-state index contributed by atoms with van der Waals surface area (Å²) in [5.74, 6) is -3.15. The van der Waals surface area contributed by atoms with E-state index >= 15 is 0 Å². The van der Waals surface area contributed by atoms with E-state index in [0.717, 1.165) is 11.3 Å². The highest BCUT2D eigenvalue weighted by Crippen LogP contribution is 2.34. The number of carbonyl (C=O) groups excluding carboxylic acids is 7. The summed E-state index contributed by atoms with van der Waals surface area (Å²) < 4.78 is 71.5. The van der Waals surface area contributed by atoms with Gasteiger partial charge in [0.1, 0.15) is 52.1 Å². The van der Waals surface area contributed by atoms with E-state index in [4.69, 9.17) is 33.3 Å². The van der Waals surface area contributed by atoms with Crippen molar-refractivity contribution in [3.05, 3.63) is 41.5 Å². The molecule has 1 aromatic carbocycles. The van der Waals surface area contributed by atoms with Crippen LogP contribution in [-0.4, -0.2) is 139 Å². The summed E-state index contributed by atoms with van der Waals surface area (Å²) in [5.41, 5.74) is -6.38. The highest BCUT2D eigenvalue weighted by atomic mass is 32.3. The molecule has 3 heterocycles. The predicted octanol–water partition coefficient (Wildman–Crippen LogP) is 7.30. The second-order valence-corrected chi connectivity index (χ2v) is 24.8. The summed E-state index contributed by atoms with van der Waals surface area (Å²) >= 11 is 0.854. The number of β-lactam (4-membered cyclic amide) rings is 1. The Kier molecular flexibility index (Phi) is 19.7. The molecule has 0 bridgehead atoms. The van der Waals surface area contributed by atoms with Gasteiger partial charge in [-0.3, -0.25) is 19.5 Å². The van der Waals surface area contributed by atoms with E-state index < -0.39 is 111 Å². The molecule has 4 rings (SSSR count). The lowest BCUT2D eigenvalue weighted by atomic mass is 9.84. The number of benzene rings is 1. The van der Waals surface area contributed by atoms with E-state index in [-0.39, 0.29) is 41.3 Å². The van der Waals surface area contributed by atoms with Crippen molar-refractivity contribution in [3.63, 3.8) is 0 Å². The first-order valence-electron chi connectivity index (χ1n) is 24.3. The number of imidazole rings is 1. The number of imide groups is 1. The molecule has 0 spiro atoms. The van der Waals surface area contributed by atoms with Crippen molar-refractivity contribution in [2.45, 2.75) is 176 Å². The lowest BCUT2D eigenvalue weighted by Gasteiger charge is -2.50. The average molecular weight is 1140 g/mol. The van der Waals surface area contributed by atoms with Gasteiger partial charge in [0.2, 0.25) is 5.95 Å². The van der Waals surface area contributed by atoms with Crippen LogP contribution in [0.15, 0.2) is 41.0 Å². The first-order chi connectivity index (χ1) is 35.5. The van der Waals surface area contributed by atoms with Gasteiger partial charge < -0.3 is 48.5 Å². The average Bonchev–Trinajstić information content (AvgIpc) is 3.88. The van der Waals surface area contributed by atoms with Gasteiger partial charge in [0.05, 0.1) is 11.2 Å². The van der Waals surface area contributed by atoms with Crippen LogP contribution in [0.3, 0.4) is 0 Å². The SMILES string of the molecule is CC(C)(C)OC(=O)NCCCn1cc(-c2ccc(OCC(O/N=C(\C(=O)NC3C(=O)N(OS(=O)(=O)O)C3(C)C)c3csc(NC(=O)OC(C)(C)C)n3)C(=O)OC(C)(C)C)cc2)nc1N(C(=O)OC(C)(C)C)C(=O)OC(C)(C)C. The van der Waals surface area contributed by atoms with Crippen LogP contribution < -0.4 is 25.6 Å². The molecule has 2 unspecified atom stereocenters. The third-order valence-corrected chi connectivity index (χ3v) is 10.6. The normalized spacial score (nSPS) is 15.5. The van der Waals surface area contributed by atoms with Crippen molar-refractivity contribution in [3.8, 4) is 17.0 Å². The molecule has 0 radical (unpaired) electrons. The lowest BCUT2D eigenvalue weighted by Crippen LogP contribution is -2.76. The molecule has 0 aliphatic carbocycles. The standard InChI is InChI=1S/C49H71N9O18S2/c1-44(2,3)70-37(61)32(75-55-33(31-27-77-38(51-31)54-41(63)72-46(7,8)9)35(59)53-34-36(60)58(49(34,16)17)76-78(66,67)68)26-69-29-21-19-28(20-22-29)30-25-56(24-18-23-50-40(62)71-45(4,5)6)39(52-30)57(42(64)73-47(10,11)12)43(65)74-48(13,14)15/h19-22,25,27,32,34H,18,23-24,26H2,1-17H3,(H,50,62)(H,53,59)(H,51,54,63)(H,66,67,68)/b55-33-. The number of amides is 6. The van der Waals surface area contributed by atoms with Gasteiger partial charge in [0, 0.05) is 30.2 Å². The Balaban J connectivity index is 1.69. The number of esters is 1. The monoisotopic (exact) mass is 1140 g/mol. The van der Waals surface area contributed by atoms with E-state index in [1.807, 2.05) is 0 Å². The Morgan fingerprint density at radius 1 is 0.795 bits per heavy atom. The molecule has 1 aliphatic rings. The zero-order valence-electron chi connectivity index (χ0n) is 46.8. The predicted molar refractivity (Wildman–Crippen MR) is 282 cm³/mol. The number of aryl methyl sites for hydroxylation is 1. The van der Waals surface area contributed by atoms with Crippen molar-refractivity contribution in [2.75, 3.05) is 23.4 Å². The molecule has 3 aromatic rings. The Bertz CT molecular complexity index is 2800. The number of nitrogens with zero attached hydrogens (tertiary/aromatic N) is 6. The molecule has 0 saturated carbocycles. The van der Waals surface area contributed by atoms with Gasteiger partial charge in [-0.05, 0) is 148 Å². The van der Waals surface area contributed by atoms with E-state index in [9.17, 15) is 46.5 Å². The van der Waals surface area contributed by atoms with Gasteiger partial charge in [-0.15, -0.1) is 20.5 Å². The van der Waals surface area contributed by atoms with Gasteiger partial charge in [-0.1, -0.05) is 5.16 Å². The topological polar surface area (TPSA) is 333 Å². The molecule has 4 N–H and O–H groups in total. The number of thiazole rings is 1.